The third kappa shape index (κ3) is 4.00. The van der Waals surface area contributed by atoms with Crippen LogP contribution >= 0.6 is 22.9 Å². The van der Waals surface area contributed by atoms with Gasteiger partial charge in [0.25, 0.3) is 5.91 Å². The molecule has 25 heavy (non-hydrogen) atoms. The maximum Gasteiger partial charge on any atom is 0.328 e. The average molecular weight is 374 g/mol. The maximum atomic E-state index is 12.1. The minimum atomic E-state index is -0.749. The van der Waals surface area contributed by atoms with Crippen LogP contribution < -0.4 is 5.32 Å². The fourth-order valence-corrected chi connectivity index (χ4v) is 3.75. The van der Waals surface area contributed by atoms with Gasteiger partial charge < -0.3 is 10.1 Å². The van der Waals surface area contributed by atoms with Gasteiger partial charge in [0.15, 0.2) is 0 Å². The second-order valence-corrected chi connectivity index (χ2v) is 7.02. The van der Waals surface area contributed by atoms with Crippen LogP contribution in [0.25, 0.3) is 10.1 Å². The molecule has 0 saturated carbocycles. The van der Waals surface area contributed by atoms with E-state index in [-0.39, 0.29) is 12.5 Å². The number of esters is 1. The van der Waals surface area contributed by atoms with E-state index in [1.54, 1.807) is 31.2 Å². The fourth-order valence-electron chi connectivity index (χ4n) is 2.35. The summed E-state index contributed by atoms with van der Waals surface area (Å²) in [5.41, 5.74) is 0.495. The summed E-state index contributed by atoms with van der Waals surface area (Å²) in [6.07, 6.45) is 0. The molecule has 4 nitrogen and oxygen atoms in total. The summed E-state index contributed by atoms with van der Waals surface area (Å²) < 4.78 is 6.35. The molecule has 0 aliphatic rings. The van der Waals surface area contributed by atoms with Crippen molar-refractivity contribution in [3.63, 3.8) is 0 Å². The van der Waals surface area contributed by atoms with Gasteiger partial charge in [0.05, 0.1) is 9.90 Å². The number of halogens is 1. The highest BCUT2D eigenvalue weighted by atomic mass is 35.5. The van der Waals surface area contributed by atoms with Crippen molar-refractivity contribution in [1.82, 2.24) is 5.32 Å². The highest BCUT2D eigenvalue weighted by molar-refractivity contribution is 7.19. The molecule has 1 heterocycles. The Kier molecular flexibility index (Phi) is 5.36. The van der Waals surface area contributed by atoms with E-state index in [4.69, 9.17) is 16.3 Å². The lowest BCUT2D eigenvalue weighted by molar-refractivity contribution is -0.146. The molecule has 1 amide bonds. The molecular formula is C19H16ClNO3S. The molecule has 0 bridgehead atoms. The number of carbonyl (C=O) groups is 2. The first kappa shape index (κ1) is 17.5. The Balaban J connectivity index is 1.60. The van der Waals surface area contributed by atoms with Crippen molar-refractivity contribution in [3.8, 4) is 0 Å². The normalized spacial score (nSPS) is 11.9. The van der Waals surface area contributed by atoms with Crippen molar-refractivity contribution < 1.29 is 14.3 Å². The van der Waals surface area contributed by atoms with Crippen LogP contribution in [0.4, 0.5) is 0 Å². The molecule has 3 aromatic rings. The van der Waals surface area contributed by atoms with Crippen LogP contribution in [0.1, 0.15) is 22.2 Å². The number of benzene rings is 2. The fraction of sp³-hybridized carbons (Fsp3) is 0.158. The summed E-state index contributed by atoms with van der Waals surface area (Å²) in [6, 6.07) is 15.7. The van der Waals surface area contributed by atoms with Crippen molar-refractivity contribution in [2.45, 2.75) is 19.6 Å². The summed E-state index contributed by atoms with van der Waals surface area (Å²) in [7, 11) is 0. The number of hydrogen-bond acceptors (Lipinski definition) is 4. The van der Waals surface area contributed by atoms with E-state index in [0.29, 0.717) is 10.6 Å². The van der Waals surface area contributed by atoms with Gasteiger partial charge in [0.1, 0.15) is 12.6 Å². The monoisotopic (exact) mass is 373 g/mol. The third-order valence-corrected chi connectivity index (χ3v) is 5.37. The Hall–Kier alpha value is -2.37. The number of amides is 1. The standard InChI is InChI=1S/C19H16ClNO3S/c1-12(21-18(22)13-7-3-2-4-8-13)19(23)24-11-16-17(20)14-9-5-6-10-15(14)25-16/h2-10,12H,11H2,1H3,(H,21,22)/t12-/m0/s1. The van der Waals surface area contributed by atoms with Crippen molar-refractivity contribution in [1.29, 1.82) is 0 Å². The molecule has 6 heteroatoms. The molecular weight excluding hydrogens is 358 g/mol. The van der Waals surface area contributed by atoms with Gasteiger partial charge in [0.2, 0.25) is 0 Å². The Morgan fingerprint density at radius 1 is 1.12 bits per heavy atom. The SMILES string of the molecule is C[C@H](NC(=O)c1ccccc1)C(=O)OCc1sc2ccccc2c1Cl. The van der Waals surface area contributed by atoms with Crippen molar-refractivity contribution in [2.75, 3.05) is 0 Å². The maximum absolute atomic E-state index is 12.1. The second kappa shape index (κ2) is 7.68. The van der Waals surface area contributed by atoms with Gasteiger partial charge >= 0.3 is 5.97 Å². The van der Waals surface area contributed by atoms with E-state index in [2.05, 4.69) is 5.32 Å². The van der Waals surface area contributed by atoms with Gasteiger partial charge in [0, 0.05) is 15.6 Å². The van der Waals surface area contributed by atoms with Crippen LogP contribution in [0, 0.1) is 0 Å². The molecule has 0 radical (unpaired) electrons. The lowest BCUT2D eigenvalue weighted by atomic mass is 10.2. The van der Waals surface area contributed by atoms with E-state index in [0.717, 1.165) is 15.0 Å². The highest BCUT2D eigenvalue weighted by Crippen LogP contribution is 2.35. The minimum Gasteiger partial charge on any atom is -0.458 e. The first-order valence-corrected chi connectivity index (χ1v) is 8.94. The number of carbonyl (C=O) groups excluding carboxylic acids is 2. The van der Waals surface area contributed by atoms with Gasteiger partial charge in [-0.3, -0.25) is 4.79 Å². The predicted molar refractivity (Wildman–Crippen MR) is 100 cm³/mol. The summed E-state index contributed by atoms with van der Waals surface area (Å²) >= 11 is 7.83. The molecule has 3 rings (SSSR count). The van der Waals surface area contributed by atoms with E-state index in [1.807, 2.05) is 30.3 Å². The van der Waals surface area contributed by atoms with Crippen LogP contribution in [0.15, 0.2) is 54.6 Å². The number of nitrogens with one attached hydrogen (secondary N) is 1. The number of thiophene rings is 1. The van der Waals surface area contributed by atoms with Gasteiger partial charge in [-0.05, 0) is 25.1 Å². The van der Waals surface area contributed by atoms with E-state index < -0.39 is 12.0 Å². The molecule has 0 aliphatic heterocycles. The summed E-state index contributed by atoms with van der Waals surface area (Å²) in [5.74, 6) is -0.817. The molecule has 0 unspecified atom stereocenters. The quantitative estimate of drug-likeness (QED) is 0.674. The molecule has 128 valence electrons. The smallest absolute Gasteiger partial charge is 0.328 e. The second-order valence-electron chi connectivity index (χ2n) is 5.50. The molecule has 1 N–H and O–H groups in total. The van der Waals surface area contributed by atoms with Crippen molar-refractivity contribution >= 4 is 44.9 Å². The van der Waals surface area contributed by atoms with Crippen LogP contribution in [0.2, 0.25) is 5.02 Å². The molecule has 0 spiro atoms. The molecule has 1 atom stereocenters. The Labute approximate surface area is 154 Å². The van der Waals surface area contributed by atoms with Crippen LogP contribution in [0.5, 0.6) is 0 Å². The first-order chi connectivity index (χ1) is 12.1. The Morgan fingerprint density at radius 2 is 1.80 bits per heavy atom. The van der Waals surface area contributed by atoms with Gasteiger partial charge in [-0.25, -0.2) is 4.79 Å². The predicted octanol–water partition coefficient (Wildman–Crippen LogP) is 4.42. The van der Waals surface area contributed by atoms with E-state index in [1.165, 1.54) is 11.3 Å². The lowest BCUT2D eigenvalue weighted by Gasteiger charge is -2.13. The van der Waals surface area contributed by atoms with Gasteiger partial charge in [-0.1, -0.05) is 48.0 Å². The number of ether oxygens (including phenoxy) is 1. The number of hydrogen-bond donors (Lipinski definition) is 1. The topological polar surface area (TPSA) is 55.4 Å². The largest absolute Gasteiger partial charge is 0.458 e. The lowest BCUT2D eigenvalue weighted by Crippen LogP contribution is -2.39. The number of fused-ring (bicyclic) bond motifs is 1. The Morgan fingerprint density at radius 3 is 2.52 bits per heavy atom. The summed E-state index contributed by atoms with van der Waals surface area (Å²) in [6.45, 7) is 1.68. The zero-order valence-electron chi connectivity index (χ0n) is 13.5. The zero-order chi connectivity index (χ0) is 17.8. The van der Waals surface area contributed by atoms with Crippen LogP contribution in [-0.2, 0) is 16.1 Å². The van der Waals surface area contributed by atoms with Crippen molar-refractivity contribution in [3.05, 3.63) is 70.1 Å². The molecule has 0 saturated heterocycles. The molecule has 0 aliphatic carbocycles. The zero-order valence-corrected chi connectivity index (χ0v) is 15.1. The van der Waals surface area contributed by atoms with Crippen LogP contribution in [-0.4, -0.2) is 17.9 Å². The first-order valence-electron chi connectivity index (χ1n) is 7.74. The molecule has 2 aromatic carbocycles. The number of rotatable bonds is 5. The summed E-state index contributed by atoms with van der Waals surface area (Å²) in [4.78, 5) is 25.0. The van der Waals surface area contributed by atoms with Crippen molar-refractivity contribution in [2.24, 2.45) is 0 Å². The van der Waals surface area contributed by atoms with Gasteiger partial charge in [-0.2, -0.15) is 0 Å². The van der Waals surface area contributed by atoms with E-state index >= 15 is 0 Å². The highest BCUT2D eigenvalue weighted by Gasteiger charge is 2.19. The van der Waals surface area contributed by atoms with Crippen LogP contribution in [0.3, 0.4) is 0 Å². The average Bonchev–Trinajstić information content (AvgIpc) is 2.96. The summed E-state index contributed by atoms with van der Waals surface area (Å²) in [5, 5.41) is 4.19. The van der Waals surface area contributed by atoms with Gasteiger partial charge in [-0.15, -0.1) is 11.3 Å². The Bertz CT molecular complexity index is 907. The van der Waals surface area contributed by atoms with E-state index in [9.17, 15) is 9.59 Å². The molecule has 0 fully saturated rings. The molecule has 1 aromatic heterocycles. The third-order valence-electron chi connectivity index (χ3n) is 3.68. The minimum absolute atomic E-state index is 0.0859.